The SMILES string of the molecule is COc1cc(F)c(OCC(=O)O)cc1-c1ccc(C(F)(F)F)cc1CN1C(=O)O[C@H](c2cc(C(F)(F)F)cc(C(F)(F)F)c2)[C@@H]1C. The summed E-state index contributed by atoms with van der Waals surface area (Å²) in [5.41, 5.74) is -5.64. The molecular weight excluding hydrogens is 648 g/mol. The highest BCUT2D eigenvalue weighted by Crippen LogP contribution is 2.43. The number of carboxylic acid groups (broad SMARTS) is 1. The molecule has 248 valence electrons. The van der Waals surface area contributed by atoms with Crippen molar-refractivity contribution in [1.29, 1.82) is 0 Å². The number of carbonyl (C=O) groups excluding carboxylic acids is 1. The van der Waals surface area contributed by atoms with E-state index in [1.165, 1.54) is 6.92 Å². The molecule has 4 rings (SSSR count). The zero-order valence-electron chi connectivity index (χ0n) is 23.4. The minimum Gasteiger partial charge on any atom is -0.496 e. The molecule has 2 atom stereocenters. The van der Waals surface area contributed by atoms with Crippen LogP contribution in [0, 0.1) is 5.82 Å². The summed E-state index contributed by atoms with van der Waals surface area (Å²) in [6, 6.07) is 3.34. The van der Waals surface area contributed by atoms with Crippen molar-refractivity contribution in [3.05, 3.63) is 82.2 Å². The van der Waals surface area contributed by atoms with Crippen molar-refractivity contribution in [3.8, 4) is 22.6 Å². The van der Waals surface area contributed by atoms with Gasteiger partial charge in [-0.15, -0.1) is 0 Å². The van der Waals surface area contributed by atoms with Crippen LogP contribution >= 0.6 is 0 Å². The van der Waals surface area contributed by atoms with Gasteiger partial charge in [-0.05, 0) is 60.0 Å². The molecule has 17 heteroatoms. The molecule has 0 spiro atoms. The van der Waals surface area contributed by atoms with E-state index in [1.54, 1.807) is 0 Å². The summed E-state index contributed by atoms with van der Waals surface area (Å²) in [7, 11) is 1.11. The summed E-state index contributed by atoms with van der Waals surface area (Å²) in [4.78, 5) is 24.7. The third kappa shape index (κ3) is 7.23. The number of cyclic esters (lactones) is 1. The van der Waals surface area contributed by atoms with Crippen molar-refractivity contribution in [2.45, 2.75) is 44.1 Å². The Labute approximate surface area is 252 Å². The van der Waals surface area contributed by atoms with E-state index < -0.39 is 89.7 Å². The van der Waals surface area contributed by atoms with Crippen LogP contribution in [0.4, 0.5) is 48.7 Å². The molecule has 0 bridgehead atoms. The number of halogens is 10. The fraction of sp³-hybridized carbons (Fsp3) is 0.310. The van der Waals surface area contributed by atoms with Crippen molar-refractivity contribution in [1.82, 2.24) is 4.90 Å². The van der Waals surface area contributed by atoms with Crippen LogP contribution in [0.15, 0.2) is 48.5 Å². The van der Waals surface area contributed by atoms with Crippen molar-refractivity contribution >= 4 is 12.1 Å². The summed E-state index contributed by atoms with van der Waals surface area (Å²) in [6.07, 6.45) is -18.3. The molecule has 0 saturated carbocycles. The van der Waals surface area contributed by atoms with E-state index in [-0.39, 0.29) is 28.5 Å². The molecule has 1 heterocycles. The molecule has 0 radical (unpaired) electrons. The number of amides is 1. The predicted octanol–water partition coefficient (Wildman–Crippen LogP) is 8.10. The Morgan fingerprint density at radius 3 is 1.96 bits per heavy atom. The van der Waals surface area contributed by atoms with Crippen LogP contribution in [0.2, 0.25) is 0 Å². The molecular formula is C29H21F10NO6. The number of alkyl halides is 9. The van der Waals surface area contributed by atoms with Gasteiger partial charge in [-0.2, -0.15) is 39.5 Å². The Kier molecular flexibility index (Phi) is 9.10. The molecule has 7 nitrogen and oxygen atoms in total. The Morgan fingerprint density at radius 1 is 0.848 bits per heavy atom. The number of ether oxygens (including phenoxy) is 3. The average molecular weight is 669 g/mol. The number of hydrogen-bond acceptors (Lipinski definition) is 5. The van der Waals surface area contributed by atoms with Gasteiger partial charge in [-0.1, -0.05) is 6.07 Å². The minimum absolute atomic E-state index is 0.0908. The van der Waals surface area contributed by atoms with Gasteiger partial charge in [-0.3, -0.25) is 4.90 Å². The number of benzene rings is 3. The van der Waals surface area contributed by atoms with Crippen molar-refractivity contribution in [3.63, 3.8) is 0 Å². The van der Waals surface area contributed by atoms with Gasteiger partial charge in [0.05, 0.1) is 36.4 Å². The van der Waals surface area contributed by atoms with Crippen molar-refractivity contribution in [2.24, 2.45) is 0 Å². The van der Waals surface area contributed by atoms with Crippen LogP contribution in [0.1, 0.15) is 40.8 Å². The molecule has 46 heavy (non-hydrogen) atoms. The summed E-state index contributed by atoms with van der Waals surface area (Å²) in [6.45, 7) is -0.480. The van der Waals surface area contributed by atoms with Crippen LogP contribution in [-0.4, -0.2) is 41.8 Å². The number of nitrogens with zero attached hydrogens (tertiary/aromatic N) is 1. The van der Waals surface area contributed by atoms with Gasteiger partial charge in [0, 0.05) is 11.6 Å². The Bertz CT molecular complexity index is 1620. The van der Waals surface area contributed by atoms with Gasteiger partial charge in [-0.25, -0.2) is 14.0 Å². The van der Waals surface area contributed by atoms with E-state index in [9.17, 15) is 53.5 Å². The van der Waals surface area contributed by atoms with E-state index >= 15 is 0 Å². The first-order valence-electron chi connectivity index (χ1n) is 12.9. The lowest BCUT2D eigenvalue weighted by Crippen LogP contribution is -2.32. The number of rotatable bonds is 8. The zero-order valence-corrected chi connectivity index (χ0v) is 23.4. The third-order valence-corrected chi connectivity index (χ3v) is 7.00. The topological polar surface area (TPSA) is 85.3 Å². The fourth-order valence-corrected chi connectivity index (χ4v) is 4.81. The number of aliphatic carboxylic acids is 1. The van der Waals surface area contributed by atoms with Gasteiger partial charge in [0.2, 0.25) is 0 Å². The monoisotopic (exact) mass is 669 g/mol. The second-order valence-electron chi connectivity index (χ2n) is 10.0. The van der Waals surface area contributed by atoms with Gasteiger partial charge < -0.3 is 19.3 Å². The predicted molar refractivity (Wildman–Crippen MR) is 137 cm³/mol. The van der Waals surface area contributed by atoms with Crippen molar-refractivity contribution < 1.29 is 72.8 Å². The quantitative estimate of drug-likeness (QED) is 0.244. The fourth-order valence-electron chi connectivity index (χ4n) is 4.81. The number of carboxylic acids is 1. The van der Waals surface area contributed by atoms with E-state index in [1.807, 2.05) is 0 Å². The normalized spacial score (nSPS) is 17.2. The lowest BCUT2D eigenvalue weighted by Gasteiger charge is -2.24. The molecule has 1 fully saturated rings. The highest BCUT2D eigenvalue weighted by molar-refractivity contribution is 5.77. The smallest absolute Gasteiger partial charge is 0.416 e. The molecule has 0 unspecified atom stereocenters. The second kappa shape index (κ2) is 12.2. The highest BCUT2D eigenvalue weighted by atomic mass is 19.4. The second-order valence-corrected chi connectivity index (χ2v) is 10.0. The molecule has 1 aliphatic rings. The van der Waals surface area contributed by atoms with Gasteiger partial charge in [0.15, 0.2) is 18.2 Å². The number of carbonyl (C=O) groups is 2. The summed E-state index contributed by atoms with van der Waals surface area (Å²) < 4.78 is 152. The summed E-state index contributed by atoms with van der Waals surface area (Å²) >= 11 is 0. The number of methoxy groups -OCH3 is 1. The lowest BCUT2D eigenvalue weighted by molar-refractivity contribution is -0.143. The summed E-state index contributed by atoms with van der Waals surface area (Å²) in [5.74, 6) is -3.39. The maximum Gasteiger partial charge on any atom is 0.416 e. The van der Waals surface area contributed by atoms with Gasteiger partial charge in [0.1, 0.15) is 11.9 Å². The van der Waals surface area contributed by atoms with E-state index in [0.29, 0.717) is 24.3 Å². The molecule has 1 N–H and O–H groups in total. The van der Waals surface area contributed by atoms with E-state index in [4.69, 9.17) is 19.3 Å². The first-order valence-corrected chi connectivity index (χ1v) is 12.9. The Balaban J connectivity index is 1.80. The van der Waals surface area contributed by atoms with Crippen LogP contribution < -0.4 is 9.47 Å². The molecule has 1 saturated heterocycles. The minimum atomic E-state index is -5.20. The van der Waals surface area contributed by atoms with Gasteiger partial charge in [0.25, 0.3) is 0 Å². The highest BCUT2D eigenvalue weighted by Gasteiger charge is 2.44. The molecule has 0 aliphatic carbocycles. The standard InChI is InChI=1S/C29H21F10NO6/c1-13-25(14-5-17(28(34,35)36)8-18(6-14)29(37,38)39)46-26(43)40(13)11-15-7-16(27(31,32)33)3-4-19(15)20-9-23(45-12-24(41)42)21(30)10-22(20)44-2/h3-10,13,25H,11-12H2,1-2H3,(H,41,42)/t13-,25-/m0/s1. The maximum absolute atomic E-state index is 14.6. The molecule has 0 aromatic heterocycles. The molecule has 3 aromatic rings. The Hall–Kier alpha value is -4.70. The first-order chi connectivity index (χ1) is 21.2. The maximum atomic E-state index is 14.6. The Morgan fingerprint density at radius 2 is 1.43 bits per heavy atom. The van der Waals surface area contributed by atoms with Crippen LogP contribution in [0.3, 0.4) is 0 Å². The van der Waals surface area contributed by atoms with Gasteiger partial charge >= 0.3 is 30.6 Å². The van der Waals surface area contributed by atoms with E-state index in [0.717, 1.165) is 30.2 Å². The lowest BCUT2D eigenvalue weighted by atomic mass is 9.94. The average Bonchev–Trinajstić information content (AvgIpc) is 3.23. The zero-order chi connectivity index (χ0) is 34.4. The van der Waals surface area contributed by atoms with Crippen molar-refractivity contribution in [2.75, 3.05) is 13.7 Å². The molecule has 1 aliphatic heterocycles. The van der Waals surface area contributed by atoms with Crippen LogP contribution in [0.25, 0.3) is 11.1 Å². The van der Waals surface area contributed by atoms with Crippen LogP contribution in [0.5, 0.6) is 11.5 Å². The molecule has 1 amide bonds. The van der Waals surface area contributed by atoms with E-state index in [2.05, 4.69) is 0 Å². The summed E-state index contributed by atoms with van der Waals surface area (Å²) in [5, 5.41) is 8.89. The number of hydrogen-bond donors (Lipinski definition) is 1. The first kappa shape index (κ1) is 34.2. The third-order valence-electron chi connectivity index (χ3n) is 7.00. The largest absolute Gasteiger partial charge is 0.496 e. The molecule has 3 aromatic carbocycles. The van der Waals surface area contributed by atoms with Crippen LogP contribution in [-0.2, 0) is 34.6 Å².